The summed E-state index contributed by atoms with van der Waals surface area (Å²) in [5.74, 6) is -0.160. The van der Waals surface area contributed by atoms with Crippen LogP contribution in [0.25, 0.3) is 0 Å². The zero-order chi connectivity index (χ0) is 15.6. The maximum Gasteiger partial charge on any atom is 0.214 e. The zero-order valence-corrected chi connectivity index (χ0v) is 13.9. The molecule has 20 heavy (non-hydrogen) atoms. The Balaban J connectivity index is 2.50. The molecule has 0 spiro atoms. The monoisotopic (exact) mass is 327 g/mol. The first-order valence-corrected chi connectivity index (χ1v) is 10.1. The first-order valence-electron chi connectivity index (χ1n) is 6.78. The SMILES string of the molecule is CC(C)(C)CC(O)CNS(=O)(=O)C1CCS(=O)(=O)CC1. The average molecular weight is 327 g/mol. The van der Waals surface area contributed by atoms with E-state index in [2.05, 4.69) is 4.72 Å². The molecule has 1 atom stereocenters. The van der Waals surface area contributed by atoms with Gasteiger partial charge in [-0.1, -0.05) is 20.8 Å². The van der Waals surface area contributed by atoms with Crippen LogP contribution in [0.1, 0.15) is 40.0 Å². The van der Waals surface area contributed by atoms with Crippen LogP contribution in [0, 0.1) is 5.41 Å². The molecule has 0 amide bonds. The third-order valence-electron chi connectivity index (χ3n) is 3.31. The second kappa shape index (κ2) is 6.29. The van der Waals surface area contributed by atoms with E-state index >= 15 is 0 Å². The normalized spacial score (nSPS) is 22.6. The van der Waals surface area contributed by atoms with Crippen molar-refractivity contribution in [2.24, 2.45) is 5.41 Å². The van der Waals surface area contributed by atoms with Gasteiger partial charge in [0.2, 0.25) is 10.0 Å². The maximum atomic E-state index is 12.0. The summed E-state index contributed by atoms with van der Waals surface area (Å²) >= 11 is 0. The van der Waals surface area contributed by atoms with Crippen LogP contribution >= 0.6 is 0 Å². The van der Waals surface area contributed by atoms with Crippen molar-refractivity contribution in [3.8, 4) is 0 Å². The molecule has 1 aliphatic rings. The minimum absolute atomic E-state index is 0.0249. The van der Waals surface area contributed by atoms with Gasteiger partial charge in [0.05, 0.1) is 22.9 Å². The van der Waals surface area contributed by atoms with Gasteiger partial charge < -0.3 is 5.11 Å². The highest BCUT2D eigenvalue weighted by Crippen LogP contribution is 2.21. The number of sulfonamides is 1. The van der Waals surface area contributed by atoms with Crippen molar-refractivity contribution < 1.29 is 21.9 Å². The van der Waals surface area contributed by atoms with Crippen LogP contribution in [0.15, 0.2) is 0 Å². The van der Waals surface area contributed by atoms with Gasteiger partial charge in [-0.15, -0.1) is 0 Å². The van der Waals surface area contributed by atoms with Crippen molar-refractivity contribution in [3.05, 3.63) is 0 Å². The van der Waals surface area contributed by atoms with E-state index < -0.39 is 31.2 Å². The van der Waals surface area contributed by atoms with Crippen LogP contribution < -0.4 is 4.72 Å². The lowest BCUT2D eigenvalue weighted by atomic mass is 9.89. The standard InChI is InChI=1S/C12H25NO5S2/c1-12(2,3)8-10(14)9-13-20(17,18)11-4-6-19(15,16)7-5-11/h10-11,13-14H,4-9H2,1-3H3. The van der Waals surface area contributed by atoms with E-state index in [1.165, 1.54) is 0 Å². The number of hydrogen-bond acceptors (Lipinski definition) is 5. The lowest BCUT2D eigenvalue weighted by Gasteiger charge is -2.25. The van der Waals surface area contributed by atoms with Crippen LogP contribution in [0.5, 0.6) is 0 Å². The quantitative estimate of drug-likeness (QED) is 0.755. The summed E-state index contributed by atoms with van der Waals surface area (Å²) in [6.45, 7) is 5.88. The van der Waals surface area contributed by atoms with E-state index in [0.717, 1.165) is 0 Å². The Morgan fingerprint density at radius 3 is 2.20 bits per heavy atom. The number of sulfone groups is 1. The molecule has 0 aromatic rings. The van der Waals surface area contributed by atoms with E-state index in [1.54, 1.807) is 0 Å². The Hall–Kier alpha value is -0.180. The number of hydrogen-bond donors (Lipinski definition) is 2. The van der Waals surface area contributed by atoms with Gasteiger partial charge in [0, 0.05) is 6.54 Å². The predicted molar refractivity (Wildman–Crippen MR) is 78.7 cm³/mol. The topological polar surface area (TPSA) is 101 Å². The predicted octanol–water partition coefficient (Wildman–Crippen LogP) is 0.280. The van der Waals surface area contributed by atoms with E-state index in [1.807, 2.05) is 20.8 Å². The maximum absolute atomic E-state index is 12.0. The fraction of sp³-hybridized carbons (Fsp3) is 1.00. The summed E-state index contributed by atoms with van der Waals surface area (Å²) in [4.78, 5) is 0. The van der Waals surface area contributed by atoms with Crippen molar-refractivity contribution in [3.63, 3.8) is 0 Å². The molecule has 1 fully saturated rings. The van der Waals surface area contributed by atoms with Crippen molar-refractivity contribution in [1.29, 1.82) is 0 Å². The van der Waals surface area contributed by atoms with Gasteiger partial charge >= 0.3 is 0 Å². The van der Waals surface area contributed by atoms with Gasteiger partial charge in [-0.3, -0.25) is 0 Å². The minimum Gasteiger partial charge on any atom is -0.392 e. The zero-order valence-electron chi connectivity index (χ0n) is 12.3. The Morgan fingerprint density at radius 2 is 1.75 bits per heavy atom. The number of aliphatic hydroxyl groups is 1. The number of rotatable bonds is 5. The van der Waals surface area contributed by atoms with Gasteiger partial charge in [0.15, 0.2) is 0 Å². The molecule has 8 heteroatoms. The van der Waals surface area contributed by atoms with Crippen LogP contribution in [0.4, 0.5) is 0 Å². The lowest BCUT2D eigenvalue weighted by molar-refractivity contribution is 0.125. The summed E-state index contributed by atoms with van der Waals surface area (Å²) in [5.41, 5.74) is -0.0796. The van der Waals surface area contributed by atoms with Crippen LogP contribution in [-0.2, 0) is 19.9 Å². The number of nitrogens with one attached hydrogen (secondary N) is 1. The Labute approximate surface area is 121 Å². The Bertz CT molecular complexity index is 505. The molecule has 1 aliphatic heterocycles. The highest BCUT2D eigenvalue weighted by molar-refractivity contribution is 7.92. The van der Waals surface area contributed by atoms with Crippen LogP contribution in [0.2, 0.25) is 0 Å². The molecule has 1 rings (SSSR count). The summed E-state index contributed by atoms with van der Waals surface area (Å²) in [6.07, 6.45) is 0.0198. The first-order chi connectivity index (χ1) is 8.91. The van der Waals surface area contributed by atoms with Crippen molar-refractivity contribution in [1.82, 2.24) is 4.72 Å². The molecule has 0 aromatic carbocycles. The van der Waals surface area contributed by atoms with Crippen molar-refractivity contribution >= 4 is 19.9 Å². The molecule has 1 unspecified atom stereocenters. The van der Waals surface area contributed by atoms with E-state index in [4.69, 9.17) is 0 Å². The summed E-state index contributed by atoms with van der Waals surface area (Å²) in [5, 5.41) is 9.13. The highest BCUT2D eigenvalue weighted by atomic mass is 32.2. The molecule has 0 aliphatic carbocycles. The third-order valence-corrected chi connectivity index (χ3v) is 6.94. The Kier molecular flexibility index (Phi) is 5.62. The minimum atomic E-state index is -3.56. The van der Waals surface area contributed by atoms with Gasteiger partial charge in [-0.25, -0.2) is 21.6 Å². The second-order valence-corrected chi connectivity index (χ2v) is 11.0. The molecule has 1 heterocycles. The van der Waals surface area contributed by atoms with Crippen LogP contribution in [-0.4, -0.2) is 51.3 Å². The summed E-state index contributed by atoms with van der Waals surface area (Å²) < 4.78 is 49.1. The summed E-state index contributed by atoms with van der Waals surface area (Å²) in [7, 11) is -6.63. The van der Waals surface area contributed by atoms with E-state index in [0.29, 0.717) is 6.42 Å². The Morgan fingerprint density at radius 1 is 1.25 bits per heavy atom. The molecule has 0 aromatic heterocycles. The molecule has 120 valence electrons. The van der Waals surface area contributed by atoms with Gasteiger partial charge in [0.25, 0.3) is 0 Å². The lowest BCUT2D eigenvalue weighted by Crippen LogP contribution is -2.42. The molecule has 6 nitrogen and oxygen atoms in total. The van der Waals surface area contributed by atoms with E-state index in [-0.39, 0.29) is 36.3 Å². The summed E-state index contributed by atoms with van der Waals surface area (Å²) in [6, 6.07) is 0. The fourth-order valence-electron chi connectivity index (χ4n) is 2.29. The van der Waals surface area contributed by atoms with Gasteiger partial charge in [-0.2, -0.15) is 0 Å². The first kappa shape index (κ1) is 17.9. The van der Waals surface area contributed by atoms with Gasteiger partial charge in [-0.05, 0) is 24.7 Å². The van der Waals surface area contributed by atoms with Crippen LogP contribution in [0.3, 0.4) is 0 Å². The molecular weight excluding hydrogens is 302 g/mol. The number of aliphatic hydroxyl groups excluding tert-OH is 1. The highest BCUT2D eigenvalue weighted by Gasteiger charge is 2.33. The molecular formula is C12H25NO5S2. The molecule has 1 saturated heterocycles. The van der Waals surface area contributed by atoms with Gasteiger partial charge in [0.1, 0.15) is 9.84 Å². The third kappa shape index (κ3) is 6.07. The van der Waals surface area contributed by atoms with Crippen molar-refractivity contribution in [2.45, 2.75) is 51.4 Å². The second-order valence-electron chi connectivity index (χ2n) is 6.66. The molecule has 2 N–H and O–H groups in total. The largest absolute Gasteiger partial charge is 0.392 e. The van der Waals surface area contributed by atoms with E-state index in [9.17, 15) is 21.9 Å². The molecule has 0 radical (unpaired) electrons. The fourth-order valence-corrected chi connectivity index (χ4v) is 5.59. The van der Waals surface area contributed by atoms with Crippen molar-refractivity contribution in [2.75, 3.05) is 18.1 Å². The molecule has 0 saturated carbocycles. The average Bonchev–Trinajstić information content (AvgIpc) is 2.23. The smallest absolute Gasteiger partial charge is 0.214 e. The molecule has 0 bridgehead atoms.